The molecule has 4 rings (SSSR count). The first-order chi connectivity index (χ1) is 16.5. The van der Waals surface area contributed by atoms with Crippen molar-refractivity contribution in [2.75, 3.05) is 12.4 Å². The lowest BCUT2D eigenvalue weighted by Gasteiger charge is -2.13. The summed E-state index contributed by atoms with van der Waals surface area (Å²) in [7, 11) is 1.54. The molecule has 2 aromatic carbocycles. The zero-order valence-electron chi connectivity index (χ0n) is 19.2. The highest BCUT2D eigenvalue weighted by molar-refractivity contribution is 7.98. The van der Waals surface area contributed by atoms with Crippen molar-refractivity contribution in [3.8, 4) is 11.5 Å². The van der Waals surface area contributed by atoms with E-state index in [1.165, 1.54) is 0 Å². The van der Waals surface area contributed by atoms with Crippen LogP contribution in [0.1, 0.15) is 32.9 Å². The molecule has 0 fully saturated rings. The second kappa shape index (κ2) is 10.9. The summed E-state index contributed by atoms with van der Waals surface area (Å²) in [6.45, 7) is 4.01. The number of nitrogens with zero attached hydrogens (tertiary/aromatic N) is 2. The van der Waals surface area contributed by atoms with Gasteiger partial charge in [0, 0.05) is 23.2 Å². The molecule has 34 heavy (non-hydrogen) atoms. The summed E-state index contributed by atoms with van der Waals surface area (Å²) in [4.78, 5) is 17.2. The van der Waals surface area contributed by atoms with Gasteiger partial charge >= 0.3 is 0 Å². The fraction of sp³-hybridized carbons (Fsp3) is 0.192. The second-order valence-electron chi connectivity index (χ2n) is 7.57. The number of carbonyl (C=O) groups is 1. The maximum Gasteiger partial charge on any atom is 0.255 e. The van der Waals surface area contributed by atoms with Crippen molar-refractivity contribution < 1.29 is 18.8 Å². The third kappa shape index (κ3) is 5.77. The smallest absolute Gasteiger partial charge is 0.255 e. The van der Waals surface area contributed by atoms with Crippen molar-refractivity contribution in [1.29, 1.82) is 0 Å². The normalized spacial score (nSPS) is 10.7. The minimum Gasteiger partial charge on any atom is -0.493 e. The average molecular weight is 476 g/mol. The van der Waals surface area contributed by atoms with Crippen molar-refractivity contribution in [1.82, 2.24) is 10.1 Å². The molecule has 8 heteroatoms. The number of benzene rings is 2. The molecule has 0 radical (unpaired) electrons. The quantitative estimate of drug-likeness (QED) is 0.305. The van der Waals surface area contributed by atoms with E-state index in [2.05, 4.69) is 15.5 Å². The number of rotatable bonds is 9. The molecule has 174 valence electrons. The summed E-state index contributed by atoms with van der Waals surface area (Å²) >= 11 is 1.65. The minimum atomic E-state index is -0.231. The number of nitrogens with one attached hydrogen (secondary N) is 1. The highest BCUT2D eigenvalue weighted by atomic mass is 32.2. The van der Waals surface area contributed by atoms with E-state index in [9.17, 15) is 4.79 Å². The Morgan fingerprint density at radius 3 is 2.68 bits per heavy atom. The Kier molecular flexibility index (Phi) is 7.49. The summed E-state index contributed by atoms with van der Waals surface area (Å²) in [6, 6.07) is 18.7. The van der Waals surface area contributed by atoms with E-state index >= 15 is 0 Å². The number of carbonyl (C=O) groups excluding carboxylic acids is 1. The topological polar surface area (TPSA) is 86.5 Å². The summed E-state index contributed by atoms with van der Waals surface area (Å²) in [5.41, 5.74) is 3.96. The van der Waals surface area contributed by atoms with Crippen LogP contribution in [0.15, 0.2) is 76.4 Å². The summed E-state index contributed by atoms with van der Waals surface area (Å²) < 4.78 is 16.5. The van der Waals surface area contributed by atoms with Crippen LogP contribution in [-0.4, -0.2) is 23.2 Å². The Morgan fingerprint density at radius 1 is 1.06 bits per heavy atom. The largest absolute Gasteiger partial charge is 0.493 e. The molecule has 4 aromatic rings. The van der Waals surface area contributed by atoms with Crippen LogP contribution in [0, 0.1) is 13.8 Å². The van der Waals surface area contributed by atoms with Crippen molar-refractivity contribution in [3.63, 3.8) is 0 Å². The lowest BCUT2D eigenvalue weighted by atomic mass is 10.1. The van der Waals surface area contributed by atoms with Gasteiger partial charge in [-0.05, 0) is 61.9 Å². The highest BCUT2D eigenvalue weighted by Crippen LogP contribution is 2.30. The number of methoxy groups -OCH3 is 1. The van der Waals surface area contributed by atoms with Crippen LogP contribution in [0.3, 0.4) is 0 Å². The molecule has 1 N–H and O–H groups in total. The number of anilines is 1. The minimum absolute atomic E-state index is 0.231. The fourth-order valence-corrected chi connectivity index (χ4v) is 4.12. The molecule has 0 saturated heterocycles. The number of hydrogen-bond donors (Lipinski definition) is 1. The van der Waals surface area contributed by atoms with Crippen molar-refractivity contribution >= 4 is 23.4 Å². The molecular weight excluding hydrogens is 450 g/mol. The number of aromatic nitrogens is 2. The third-order valence-corrected chi connectivity index (χ3v) is 6.20. The van der Waals surface area contributed by atoms with Gasteiger partial charge in [-0.2, -0.15) is 0 Å². The van der Waals surface area contributed by atoms with Gasteiger partial charge < -0.3 is 19.3 Å². The van der Waals surface area contributed by atoms with Crippen LogP contribution in [-0.2, 0) is 12.4 Å². The molecule has 0 spiro atoms. The molecule has 1 amide bonds. The number of hydrogen-bond acceptors (Lipinski definition) is 7. The van der Waals surface area contributed by atoms with Gasteiger partial charge in [0.15, 0.2) is 11.5 Å². The van der Waals surface area contributed by atoms with Crippen LogP contribution >= 0.6 is 11.8 Å². The van der Waals surface area contributed by atoms with E-state index in [-0.39, 0.29) is 5.91 Å². The van der Waals surface area contributed by atoms with Crippen LogP contribution in [0.4, 0.5) is 5.69 Å². The Bertz CT molecular complexity index is 1250. The summed E-state index contributed by atoms with van der Waals surface area (Å²) in [5.74, 6) is 2.25. The van der Waals surface area contributed by atoms with Gasteiger partial charge in [0.2, 0.25) is 0 Å². The molecular formula is C26H25N3O4S. The highest BCUT2D eigenvalue weighted by Gasteiger charge is 2.14. The fourth-order valence-electron chi connectivity index (χ4n) is 3.32. The Labute approximate surface area is 202 Å². The molecule has 2 heterocycles. The van der Waals surface area contributed by atoms with E-state index in [4.69, 9.17) is 14.0 Å². The van der Waals surface area contributed by atoms with Gasteiger partial charge in [0.1, 0.15) is 12.4 Å². The summed E-state index contributed by atoms with van der Waals surface area (Å²) in [5, 5.41) is 7.85. The van der Waals surface area contributed by atoms with Crippen molar-refractivity contribution in [2.45, 2.75) is 31.2 Å². The van der Waals surface area contributed by atoms with Gasteiger partial charge in [-0.15, -0.1) is 11.8 Å². The molecule has 0 aliphatic heterocycles. The second-order valence-corrected chi connectivity index (χ2v) is 8.56. The number of amides is 1. The van der Waals surface area contributed by atoms with E-state index in [1.807, 2.05) is 56.3 Å². The van der Waals surface area contributed by atoms with Gasteiger partial charge in [-0.1, -0.05) is 23.4 Å². The summed E-state index contributed by atoms with van der Waals surface area (Å²) in [6.07, 6.45) is 1.78. The van der Waals surface area contributed by atoms with E-state index in [0.717, 1.165) is 33.3 Å². The van der Waals surface area contributed by atoms with Crippen LogP contribution in [0.5, 0.6) is 11.5 Å². The third-order valence-electron chi connectivity index (χ3n) is 5.19. The Balaban J connectivity index is 1.40. The SMILES string of the molecule is COc1cc(C(=O)Nc2cccc(CSc3ccccn3)c2)ccc1OCc1c(C)noc1C. The predicted molar refractivity (Wildman–Crippen MR) is 131 cm³/mol. The predicted octanol–water partition coefficient (Wildman–Crippen LogP) is 5.82. The van der Waals surface area contributed by atoms with Gasteiger partial charge in [-0.25, -0.2) is 4.98 Å². The first-order valence-corrected chi connectivity index (χ1v) is 11.7. The average Bonchev–Trinajstić information content (AvgIpc) is 3.19. The maximum atomic E-state index is 12.9. The molecule has 0 unspecified atom stereocenters. The zero-order chi connectivity index (χ0) is 23.9. The molecule has 0 aliphatic carbocycles. The lowest BCUT2D eigenvalue weighted by Crippen LogP contribution is -2.12. The van der Waals surface area contributed by atoms with Gasteiger partial charge in [0.25, 0.3) is 5.91 Å². The lowest BCUT2D eigenvalue weighted by molar-refractivity contribution is 0.102. The number of aryl methyl sites for hydroxylation is 2. The zero-order valence-corrected chi connectivity index (χ0v) is 20.0. The van der Waals surface area contributed by atoms with Crippen LogP contribution in [0.2, 0.25) is 0 Å². The monoisotopic (exact) mass is 475 g/mol. The Morgan fingerprint density at radius 2 is 1.94 bits per heavy atom. The molecule has 0 atom stereocenters. The van der Waals surface area contributed by atoms with E-state index in [0.29, 0.717) is 29.4 Å². The standard InChI is InChI=1S/C26H25N3O4S/c1-17-22(18(2)33-29-17)15-32-23-11-10-20(14-24(23)31-3)26(30)28-21-8-6-7-19(13-21)16-34-25-9-4-5-12-27-25/h4-14H,15-16H2,1-3H3,(H,28,30). The number of thioether (sulfide) groups is 1. The first-order valence-electron chi connectivity index (χ1n) is 10.7. The van der Waals surface area contributed by atoms with Crippen molar-refractivity contribution in [3.05, 3.63) is 95.0 Å². The molecule has 0 saturated carbocycles. The van der Waals surface area contributed by atoms with Crippen molar-refractivity contribution in [2.24, 2.45) is 0 Å². The van der Waals surface area contributed by atoms with Gasteiger partial charge in [-0.3, -0.25) is 4.79 Å². The molecule has 0 bridgehead atoms. The Hall–Kier alpha value is -3.78. The van der Waals surface area contributed by atoms with Gasteiger partial charge in [0.05, 0.1) is 23.4 Å². The first kappa shape index (κ1) is 23.4. The number of ether oxygens (including phenoxy) is 2. The molecule has 0 aliphatic rings. The number of pyridine rings is 1. The maximum absolute atomic E-state index is 12.9. The van der Waals surface area contributed by atoms with E-state index in [1.54, 1.807) is 43.3 Å². The van der Waals surface area contributed by atoms with E-state index < -0.39 is 0 Å². The molecule has 7 nitrogen and oxygen atoms in total. The van der Waals surface area contributed by atoms with Crippen LogP contribution in [0.25, 0.3) is 0 Å². The van der Waals surface area contributed by atoms with Crippen LogP contribution < -0.4 is 14.8 Å². The molecule has 2 aromatic heterocycles.